The fourth-order valence-corrected chi connectivity index (χ4v) is 2.07. The fraction of sp³-hybridized carbons (Fsp3) is 0.133. The summed E-state index contributed by atoms with van der Waals surface area (Å²) in [4.78, 5) is 7.90. The third kappa shape index (κ3) is 2.07. The number of H-pyrrole nitrogens is 1. The van der Waals surface area contributed by atoms with Gasteiger partial charge >= 0.3 is 0 Å². The van der Waals surface area contributed by atoms with E-state index < -0.39 is 0 Å². The number of fused-ring (bicyclic) bond motifs is 1. The molecule has 1 heterocycles. The Balaban J connectivity index is 1.91. The molecular weight excluding hydrogens is 224 g/mol. The number of ether oxygens (including phenoxy) is 1. The number of hydrogen-bond donors (Lipinski definition) is 1. The van der Waals surface area contributed by atoms with E-state index in [0.29, 0.717) is 0 Å². The molecule has 0 saturated heterocycles. The van der Waals surface area contributed by atoms with Gasteiger partial charge in [-0.25, -0.2) is 4.98 Å². The molecule has 0 bridgehead atoms. The van der Waals surface area contributed by atoms with Gasteiger partial charge in [-0.05, 0) is 29.8 Å². The lowest BCUT2D eigenvalue weighted by molar-refractivity contribution is 0.414. The zero-order valence-corrected chi connectivity index (χ0v) is 10.2. The molecule has 0 fully saturated rings. The Labute approximate surface area is 105 Å². The second-order valence-corrected chi connectivity index (χ2v) is 4.23. The number of nitrogens with one attached hydrogen (secondary N) is 1. The third-order valence-electron chi connectivity index (χ3n) is 2.94. The van der Waals surface area contributed by atoms with E-state index in [1.165, 1.54) is 5.56 Å². The van der Waals surface area contributed by atoms with E-state index in [0.717, 1.165) is 29.0 Å². The molecule has 2 aromatic carbocycles. The van der Waals surface area contributed by atoms with Crippen molar-refractivity contribution in [2.45, 2.75) is 6.42 Å². The summed E-state index contributed by atoms with van der Waals surface area (Å²) in [6.07, 6.45) is 0.784. The van der Waals surface area contributed by atoms with Gasteiger partial charge in [0.1, 0.15) is 11.6 Å². The van der Waals surface area contributed by atoms with E-state index in [2.05, 4.69) is 16.0 Å². The van der Waals surface area contributed by atoms with Crippen LogP contribution in [0, 0.1) is 0 Å². The predicted octanol–water partition coefficient (Wildman–Crippen LogP) is 3.16. The highest BCUT2D eigenvalue weighted by atomic mass is 16.5. The van der Waals surface area contributed by atoms with E-state index in [4.69, 9.17) is 4.74 Å². The third-order valence-corrected chi connectivity index (χ3v) is 2.94. The second-order valence-electron chi connectivity index (χ2n) is 4.23. The summed E-state index contributed by atoms with van der Waals surface area (Å²) in [5.74, 6) is 1.85. The summed E-state index contributed by atoms with van der Waals surface area (Å²) < 4.78 is 5.22. The van der Waals surface area contributed by atoms with Gasteiger partial charge in [-0.15, -0.1) is 0 Å². The second kappa shape index (κ2) is 4.53. The van der Waals surface area contributed by atoms with E-state index in [1.807, 2.05) is 42.5 Å². The van der Waals surface area contributed by atoms with Gasteiger partial charge in [0.25, 0.3) is 0 Å². The van der Waals surface area contributed by atoms with Gasteiger partial charge in [-0.2, -0.15) is 0 Å². The smallest absolute Gasteiger partial charge is 0.119 e. The maximum absolute atomic E-state index is 5.22. The molecule has 0 saturated carbocycles. The van der Waals surface area contributed by atoms with Gasteiger partial charge in [-0.1, -0.05) is 24.3 Å². The van der Waals surface area contributed by atoms with E-state index in [9.17, 15) is 0 Å². The topological polar surface area (TPSA) is 37.9 Å². The van der Waals surface area contributed by atoms with Crippen molar-refractivity contribution >= 4 is 11.0 Å². The Morgan fingerprint density at radius 1 is 1.11 bits per heavy atom. The number of hydrogen-bond acceptors (Lipinski definition) is 2. The summed E-state index contributed by atoms with van der Waals surface area (Å²) in [7, 11) is 1.68. The molecule has 0 aliphatic rings. The van der Waals surface area contributed by atoms with Crippen molar-refractivity contribution in [2.24, 2.45) is 0 Å². The molecule has 0 radical (unpaired) electrons. The van der Waals surface area contributed by atoms with Crippen LogP contribution >= 0.6 is 0 Å². The quantitative estimate of drug-likeness (QED) is 0.761. The number of para-hydroxylation sites is 2. The van der Waals surface area contributed by atoms with Crippen molar-refractivity contribution in [2.75, 3.05) is 7.11 Å². The van der Waals surface area contributed by atoms with E-state index in [-0.39, 0.29) is 0 Å². The molecule has 3 heteroatoms. The Hall–Kier alpha value is -2.29. The molecule has 3 nitrogen and oxygen atoms in total. The molecule has 1 aromatic heterocycles. The van der Waals surface area contributed by atoms with Crippen LogP contribution in [0.4, 0.5) is 0 Å². The highest BCUT2D eigenvalue weighted by Crippen LogP contribution is 2.17. The standard InChI is InChI=1S/C15H14N2O/c1-18-12-6-4-5-11(9-12)10-15-16-13-7-2-3-8-14(13)17-15/h2-9H,10H2,1H3,(H,16,17). The summed E-state index contributed by atoms with van der Waals surface area (Å²) >= 11 is 0. The molecule has 0 unspecified atom stereocenters. The molecule has 3 rings (SSSR count). The van der Waals surface area contributed by atoms with Crippen LogP contribution in [0.1, 0.15) is 11.4 Å². The van der Waals surface area contributed by atoms with E-state index in [1.54, 1.807) is 7.11 Å². The minimum atomic E-state index is 0.784. The molecule has 90 valence electrons. The van der Waals surface area contributed by atoms with Crippen LogP contribution in [0.5, 0.6) is 5.75 Å². The van der Waals surface area contributed by atoms with Crippen LogP contribution in [-0.4, -0.2) is 17.1 Å². The molecule has 0 spiro atoms. The predicted molar refractivity (Wildman–Crippen MR) is 71.9 cm³/mol. The Morgan fingerprint density at radius 3 is 2.83 bits per heavy atom. The Bertz CT molecular complexity index is 640. The van der Waals surface area contributed by atoms with Crippen molar-refractivity contribution in [1.29, 1.82) is 0 Å². The minimum Gasteiger partial charge on any atom is -0.497 e. The van der Waals surface area contributed by atoms with Crippen LogP contribution in [0.25, 0.3) is 11.0 Å². The first-order valence-corrected chi connectivity index (χ1v) is 5.92. The first-order valence-electron chi connectivity index (χ1n) is 5.92. The number of benzene rings is 2. The number of rotatable bonds is 3. The van der Waals surface area contributed by atoms with Gasteiger partial charge in [0, 0.05) is 6.42 Å². The average molecular weight is 238 g/mol. The van der Waals surface area contributed by atoms with Gasteiger partial charge in [0.15, 0.2) is 0 Å². The molecule has 0 amide bonds. The van der Waals surface area contributed by atoms with Crippen molar-refractivity contribution < 1.29 is 4.74 Å². The molecule has 1 N–H and O–H groups in total. The SMILES string of the molecule is COc1cccc(Cc2nc3ccccc3[nH]2)c1. The van der Waals surface area contributed by atoms with Crippen LogP contribution in [0.2, 0.25) is 0 Å². The first kappa shape index (κ1) is 10.8. The molecule has 0 atom stereocenters. The van der Waals surface area contributed by atoms with Crippen LogP contribution in [-0.2, 0) is 6.42 Å². The monoisotopic (exact) mass is 238 g/mol. The Kier molecular flexibility index (Phi) is 2.73. The summed E-state index contributed by atoms with van der Waals surface area (Å²) in [6.45, 7) is 0. The largest absolute Gasteiger partial charge is 0.497 e. The Morgan fingerprint density at radius 2 is 2.00 bits per heavy atom. The number of imidazole rings is 1. The van der Waals surface area contributed by atoms with Gasteiger partial charge in [0.05, 0.1) is 18.1 Å². The van der Waals surface area contributed by atoms with Gasteiger partial charge in [-0.3, -0.25) is 0 Å². The van der Waals surface area contributed by atoms with Gasteiger partial charge in [0.2, 0.25) is 0 Å². The average Bonchev–Trinajstić information content (AvgIpc) is 2.81. The lowest BCUT2D eigenvalue weighted by Crippen LogP contribution is -1.91. The normalized spacial score (nSPS) is 10.7. The molecular formula is C15H14N2O. The maximum atomic E-state index is 5.22. The van der Waals surface area contributed by atoms with Crippen LogP contribution < -0.4 is 4.74 Å². The molecule has 3 aromatic rings. The fourth-order valence-electron chi connectivity index (χ4n) is 2.07. The highest BCUT2D eigenvalue weighted by Gasteiger charge is 2.03. The number of methoxy groups -OCH3 is 1. The van der Waals surface area contributed by atoms with Crippen molar-refractivity contribution in [1.82, 2.24) is 9.97 Å². The summed E-state index contributed by atoms with van der Waals surface area (Å²) in [5.41, 5.74) is 3.28. The molecule has 0 aliphatic heterocycles. The lowest BCUT2D eigenvalue weighted by Gasteiger charge is -2.02. The first-order chi connectivity index (χ1) is 8.85. The number of aromatic nitrogens is 2. The molecule has 0 aliphatic carbocycles. The summed E-state index contributed by atoms with van der Waals surface area (Å²) in [6, 6.07) is 16.1. The van der Waals surface area contributed by atoms with Crippen LogP contribution in [0.15, 0.2) is 48.5 Å². The zero-order valence-electron chi connectivity index (χ0n) is 10.2. The van der Waals surface area contributed by atoms with Crippen molar-refractivity contribution in [3.8, 4) is 5.75 Å². The zero-order chi connectivity index (χ0) is 12.4. The minimum absolute atomic E-state index is 0.784. The maximum Gasteiger partial charge on any atom is 0.119 e. The number of aromatic amines is 1. The van der Waals surface area contributed by atoms with Gasteiger partial charge < -0.3 is 9.72 Å². The van der Waals surface area contributed by atoms with Crippen LogP contribution in [0.3, 0.4) is 0 Å². The lowest BCUT2D eigenvalue weighted by atomic mass is 10.1. The number of nitrogens with zero attached hydrogens (tertiary/aromatic N) is 1. The van der Waals surface area contributed by atoms with E-state index >= 15 is 0 Å². The van der Waals surface area contributed by atoms with Crippen molar-refractivity contribution in [3.63, 3.8) is 0 Å². The van der Waals surface area contributed by atoms with Crippen molar-refractivity contribution in [3.05, 3.63) is 59.9 Å². The highest BCUT2D eigenvalue weighted by molar-refractivity contribution is 5.74. The molecule has 18 heavy (non-hydrogen) atoms. The summed E-state index contributed by atoms with van der Waals surface area (Å²) in [5, 5.41) is 0.